The molecule has 2 aromatic heterocycles. The topological polar surface area (TPSA) is 62.7 Å². The van der Waals surface area contributed by atoms with Gasteiger partial charge >= 0.3 is 0 Å². The van der Waals surface area contributed by atoms with Gasteiger partial charge in [0, 0.05) is 48.8 Å². The van der Waals surface area contributed by atoms with E-state index in [0.717, 1.165) is 41.9 Å². The zero-order chi connectivity index (χ0) is 21.0. The third-order valence-corrected chi connectivity index (χ3v) is 5.74. The summed E-state index contributed by atoms with van der Waals surface area (Å²) in [4.78, 5) is 13.7. The van der Waals surface area contributed by atoms with Crippen LogP contribution >= 0.6 is 0 Å². The average molecular weight is 408 g/mol. The van der Waals surface area contributed by atoms with Gasteiger partial charge in [-0.2, -0.15) is 0 Å². The molecule has 0 saturated heterocycles. The maximum absolute atomic E-state index is 4.90. The molecule has 5 nitrogen and oxygen atoms in total. The van der Waals surface area contributed by atoms with Crippen molar-refractivity contribution in [1.82, 2.24) is 20.3 Å². The predicted molar refractivity (Wildman–Crippen MR) is 125 cm³/mol. The molecule has 1 aliphatic rings. The van der Waals surface area contributed by atoms with E-state index in [1.165, 1.54) is 16.7 Å². The Morgan fingerprint density at radius 2 is 1.81 bits per heavy atom. The molecular weight excluding hydrogens is 382 g/mol. The molecule has 1 atom stereocenters. The molecule has 2 aromatic carbocycles. The Morgan fingerprint density at radius 3 is 2.65 bits per heavy atom. The lowest BCUT2D eigenvalue weighted by molar-refractivity contribution is 0.496. The number of nitrogens with zero attached hydrogens (tertiary/aromatic N) is 3. The third-order valence-electron chi connectivity index (χ3n) is 5.74. The van der Waals surface area contributed by atoms with Crippen molar-refractivity contribution in [1.29, 1.82) is 0 Å². The number of hydrogen-bond donors (Lipinski definition) is 2. The summed E-state index contributed by atoms with van der Waals surface area (Å²) < 4.78 is 0. The van der Waals surface area contributed by atoms with E-state index in [9.17, 15) is 0 Å². The summed E-state index contributed by atoms with van der Waals surface area (Å²) in [5.41, 5.74) is 8.09. The van der Waals surface area contributed by atoms with Crippen LogP contribution in [0.5, 0.6) is 0 Å². The van der Waals surface area contributed by atoms with Crippen molar-refractivity contribution in [3.8, 4) is 22.4 Å². The molecule has 0 amide bonds. The van der Waals surface area contributed by atoms with Crippen molar-refractivity contribution in [2.75, 3.05) is 11.9 Å². The lowest BCUT2D eigenvalue weighted by Gasteiger charge is -2.26. The van der Waals surface area contributed by atoms with E-state index < -0.39 is 0 Å². The summed E-state index contributed by atoms with van der Waals surface area (Å²) in [6.07, 6.45) is 6.52. The molecule has 5 heteroatoms. The predicted octanol–water partition coefficient (Wildman–Crippen LogP) is 4.64. The number of aryl methyl sites for hydroxylation is 1. The van der Waals surface area contributed by atoms with Crippen LogP contribution in [0.15, 0.2) is 79.3 Å². The molecule has 0 aliphatic carbocycles. The van der Waals surface area contributed by atoms with Gasteiger partial charge in [-0.1, -0.05) is 54.1 Å². The van der Waals surface area contributed by atoms with Crippen molar-refractivity contribution in [3.05, 3.63) is 95.9 Å². The van der Waals surface area contributed by atoms with Crippen molar-refractivity contribution in [2.45, 2.75) is 25.9 Å². The molecule has 0 bridgehead atoms. The lowest BCUT2D eigenvalue weighted by atomic mass is 9.96. The minimum atomic E-state index is 0.347. The first kappa shape index (κ1) is 19.4. The first-order valence-corrected chi connectivity index (χ1v) is 10.6. The fourth-order valence-electron chi connectivity index (χ4n) is 4.10. The van der Waals surface area contributed by atoms with Gasteiger partial charge in [0.2, 0.25) is 5.95 Å². The Bertz CT molecular complexity index is 1190. The van der Waals surface area contributed by atoms with Crippen molar-refractivity contribution < 1.29 is 0 Å². The van der Waals surface area contributed by atoms with Gasteiger partial charge in [0.25, 0.3) is 0 Å². The fraction of sp³-hybridized carbons (Fsp3) is 0.192. The van der Waals surface area contributed by atoms with E-state index >= 15 is 0 Å². The lowest BCUT2D eigenvalue weighted by Crippen LogP contribution is -2.40. The van der Waals surface area contributed by atoms with Crippen molar-refractivity contribution in [3.63, 3.8) is 0 Å². The molecule has 0 saturated carbocycles. The second kappa shape index (κ2) is 8.66. The van der Waals surface area contributed by atoms with Gasteiger partial charge in [-0.3, -0.25) is 4.98 Å². The maximum atomic E-state index is 4.90. The number of pyridine rings is 1. The number of fused-ring (bicyclic) bond motifs is 1. The zero-order valence-corrected chi connectivity index (χ0v) is 17.5. The van der Waals surface area contributed by atoms with E-state index in [1.54, 1.807) is 12.4 Å². The standard InChI is InChI=1S/C26H25N5/c1-18-5-4-8-21(13-18)24-17-30-26(31-25(24)19-9-11-27-12-10-19)29-16-23-14-20-6-2-3-7-22(20)15-28-23/h2-13,17,23,28H,14-16H2,1H3,(H,29,30,31)/t23-/m0/s1. The summed E-state index contributed by atoms with van der Waals surface area (Å²) in [7, 11) is 0. The molecule has 4 aromatic rings. The van der Waals surface area contributed by atoms with Crippen LogP contribution in [0, 0.1) is 6.92 Å². The van der Waals surface area contributed by atoms with E-state index in [-0.39, 0.29) is 0 Å². The van der Waals surface area contributed by atoms with E-state index in [2.05, 4.69) is 76.1 Å². The molecule has 0 fully saturated rings. The number of aromatic nitrogens is 3. The first-order valence-electron chi connectivity index (χ1n) is 10.6. The SMILES string of the molecule is Cc1cccc(-c2cnc(NC[C@@H]3Cc4ccccc4CN3)nc2-c2ccncc2)c1. The van der Waals surface area contributed by atoms with E-state index in [1.807, 2.05) is 18.3 Å². The molecule has 2 N–H and O–H groups in total. The molecule has 3 heterocycles. The number of nitrogens with one attached hydrogen (secondary N) is 2. The van der Waals surface area contributed by atoms with E-state index in [0.29, 0.717) is 12.0 Å². The second-order valence-corrected chi connectivity index (χ2v) is 7.99. The zero-order valence-electron chi connectivity index (χ0n) is 17.5. The second-order valence-electron chi connectivity index (χ2n) is 7.99. The minimum absolute atomic E-state index is 0.347. The molecule has 0 radical (unpaired) electrons. The Hall–Kier alpha value is -3.57. The Morgan fingerprint density at radius 1 is 0.968 bits per heavy atom. The van der Waals surface area contributed by atoms with Crippen LogP contribution in [0.3, 0.4) is 0 Å². The summed E-state index contributed by atoms with van der Waals surface area (Å²) in [5, 5.41) is 7.05. The molecule has 1 aliphatic heterocycles. The van der Waals surface area contributed by atoms with Crippen LogP contribution < -0.4 is 10.6 Å². The Labute approximate surface area is 182 Å². The smallest absolute Gasteiger partial charge is 0.223 e. The van der Waals surface area contributed by atoms with Gasteiger partial charge in [0.15, 0.2) is 0 Å². The summed E-state index contributed by atoms with van der Waals surface area (Å²) in [5.74, 6) is 0.642. The summed E-state index contributed by atoms with van der Waals surface area (Å²) in [6.45, 7) is 3.77. The average Bonchev–Trinajstić information content (AvgIpc) is 2.83. The van der Waals surface area contributed by atoms with Gasteiger partial charge in [0.1, 0.15) is 0 Å². The van der Waals surface area contributed by atoms with Crippen LogP contribution in [0.4, 0.5) is 5.95 Å². The molecule has 0 unspecified atom stereocenters. The Kier molecular flexibility index (Phi) is 5.42. The Balaban J connectivity index is 1.40. The van der Waals surface area contributed by atoms with Gasteiger partial charge in [-0.25, -0.2) is 9.97 Å². The van der Waals surface area contributed by atoms with Crippen LogP contribution in [-0.4, -0.2) is 27.5 Å². The van der Waals surface area contributed by atoms with Gasteiger partial charge in [-0.05, 0) is 42.2 Å². The monoisotopic (exact) mass is 407 g/mol. The van der Waals surface area contributed by atoms with Gasteiger partial charge in [-0.15, -0.1) is 0 Å². The highest BCUT2D eigenvalue weighted by Crippen LogP contribution is 2.31. The highest BCUT2D eigenvalue weighted by Gasteiger charge is 2.18. The highest BCUT2D eigenvalue weighted by molar-refractivity contribution is 5.80. The highest BCUT2D eigenvalue weighted by atomic mass is 15.1. The van der Waals surface area contributed by atoms with Crippen LogP contribution in [-0.2, 0) is 13.0 Å². The molecule has 5 rings (SSSR count). The van der Waals surface area contributed by atoms with E-state index in [4.69, 9.17) is 4.98 Å². The number of anilines is 1. The minimum Gasteiger partial charge on any atom is -0.353 e. The molecule has 0 spiro atoms. The summed E-state index contributed by atoms with van der Waals surface area (Å²) >= 11 is 0. The number of benzene rings is 2. The number of hydrogen-bond acceptors (Lipinski definition) is 5. The van der Waals surface area contributed by atoms with Crippen molar-refractivity contribution >= 4 is 5.95 Å². The maximum Gasteiger partial charge on any atom is 0.223 e. The normalized spacial score (nSPS) is 15.3. The van der Waals surface area contributed by atoms with Crippen LogP contribution in [0.25, 0.3) is 22.4 Å². The largest absolute Gasteiger partial charge is 0.353 e. The molecular formula is C26H25N5. The number of rotatable bonds is 5. The first-order chi connectivity index (χ1) is 15.3. The molecule has 154 valence electrons. The third kappa shape index (κ3) is 4.32. The quantitative estimate of drug-likeness (QED) is 0.505. The molecule has 31 heavy (non-hydrogen) atoms. The van der Waals surface area contributed by atoms with Crippen LogP contribution in [0.2, 0.25) is 0 Å². The summed E-state index contributed by atoms with van der Waals surface area (Å²) in [6, 6.07) is 21.4. The van der Waals surface area contributed by atoms with Gasteiger partial charge < -0.3 is 10.6 Å². The van der Waals surface area contributed by atoms with Gasteiger partial charge in [0.05, 0.1) is 5.69 Å². The van der Waals surface area contributed by atoms with Crippen LogP contribution in [0.1, 0.15) is 16.7 Å². The van der Waals surface area contributed by atoms with Crippen molar-refractivity contribution in [2.24, 2.45) is 0 Å². The fourth-order valence-corrected chi connectivity index (χ4v) is 4.10.